The fourth-order valence-corrected chi connectivity index (χ4v) is 6.40. The standard InChI is InChI=1S/C31H19N5O2S/c32-31-34-27(16-26-33-30(35-36(26)31)24-6-3-15-38-24)39-25-14-9-18-8-11-22-21-10-7-17-4-1-2-5-19(17)20(21)12-13-23(22)28(18)29(25)37/h1-16,25H,(H2,32,34). The number of aromatic nitrogens is 4. The highest BCUT2D eigenvalue weighted by Crippen LogP contribution is 2.38. The van der Waals surface area contributed by atoms with E-state index in [9.17, 15) is 4.79 Å². The van der Waals surface area contributed by atoms with Crippen LogP contribution in [0.15, 0.2) is 101 Å². The van der Waals surface area contributed by atoms with Crippen LogP contribution in [0.5, 0.6) is 0 Å². The maximum atomic E-state index is 13.9. The van der Waals surface area contributed by atoms with Crippen LogP contribution in [0, 0.1) is 0 Å². The van der Waals surface area contributed by atoms with Crippen LogP contribution in [0.4, 0.5) is 5.95 Å². The van der Waals surface area contributed by atoms with Crippen LogP contribution in [-0.2, 0) is 0 Å². The predicted molar refractivity (Wildman–Crippen MR) is 155 cm³/mol. The minimum absolute atomic E-state index is 0.0428. The van der Waals surface area contributed by atoms with Crippen molar-refractivity contribution in [2.24, 2.45) is 0 Å². The Bertz CT molecular complexity index is 2150. The van der Waals surface area contributed by atoms with Crippen molar-refractivity contribution in [2.75, 3.05) is 5.73 Å². The van der Waals surface area contributed by atoms with Gasteiger partial charge in [-0.25, -0.2) is 9.97 Å². The smallest absolute Gasteiger partial charge is 0.224 e. The molecule has 1 atom stereocenters. The van der Waals surface area contributed by atoms with Gasteiger partial charge in [0.2, 0.25) is 11.8 Å². The molecule has 0 spiro atoms. The highest BCUT2D eigenvalue weighted by Gasteiger charge is 2.28. The second kappa shape index (κ2) is 8.28. The van der Waals surface area contributed by atoms with Crippen molar-refractivity contribution in [3.05, 3.63) is 102 Å². The third-order valence-corrected chi connectivity index (χ3v) is 8.30. The van der Waals surface area contributed by atoms with E-state index in [1.807, 2.05) is 18.2 Å². The number of nitrogens with zero attached hydrogens (tertiary/aromatic N) is 4. The summed E-state index contributed by atoms with van der Waals surface area (Å²) in [6.45, 7) is 0. The average Bonchev–Trinajstić information content (AvgIpc) is 3.64. The van der Waals surface area contributed by atoms with Crippen LogP contribution in [0.25, 0.3) is 55.6 Å². The molecule has 0 bridgehead atoms. The number of benzene rings is 4. The van der Waals surface area contributed by atoms with E-state index in [2.05, 4.69) is 69.7 Å². The normalized spacial score (nSPS) is 15.1. The van der Waals surface area contributed by atoms with Crippen LogP contribution in [-0.4, -0.2) is 30.6 Å². The summed E-state index contributed by atoms with van der Waals surface area (Å²) in [6.07, 6.45) is 5.51. The van der Waals surface area contributed by atoms with E-state index >= 15 is 0 Å². The largest absolute Gasteiger partial charge is 0.461 e. The molecular formula is C31H19N5O2S. The molecule has 1 aliphatic carbocycles. The van der Waals surface area contributed by atoms with E-state index in [0.717, 1.165) is 27.3 Å². The summed E-state index contributed by atoms with van der Waals surface area (Å²) in [4.78, 5) is 23.0. The van der Waals surface area contributed by atoms with Gasteiger partial charge in [0.15, 0.2) is 17.2 Å². The van der Waals surface area contributed by atoms with Crippen LogP contribution in [0.2, 0.25) is 0 Å². The van der Waals surface area contributed by atoms with Gasteiger partial charge in [-0.2, -0.15) is 4.52 Å². The second-order valence-corrected chi connectivity index (χ2v) is 10.6. The number of nitrogens with two attached hydrogens (primary N) is 1. The summed E-state index contributed by atoms with van der Waals surface area (Å²) in [5.41, 5.74) is 8.40. The first-order chi connectivity index (χ1) is 19.1. The number of Topliss-reactive ketones (excluding diaryl/α,β-unsaturated/α-hetero) is 1. The molecule has 3 heterocycles. The van der Waals surface area contributed by atoms with Crippen molar-refractivity contribution in [1.82, 2.24) is 19.6 Å². The Hall–Kier alpha value is -4.95. The molecule has 0 radical (unpaired) electrons. The summed E-state index contributed by atoms with van der Waals surface area (Å²) in [5, 5.41) is 11.3. The summed E-state index contributed by atoms with van der Waals surface area (Å²) in [7, 11) is 0. The molecule has 1 aliphatic rings. The number of rotatable bonds is 3. The highest BCUT2D eigenvalue weighted by molar-refractivity contribution is 8.00. The number of ketones is 1. The van der Waals surface area contributed by atoms with Crippen LogP contribution in [0.3, 0.4) is 0 Å². The zero-order chi connectivity index (χ0) is 26.1. The van der Waals surface area contributed by atoms with Crippen molar-refractivity contribution in [3.8, 4) is 11.6 Å². The van der Waals surface area contributed by atoms with E-state index < -0.39 is 5.25 Å². The Morgan fingerprint density at radius 1 is 0.846 bits per heavy atom. The predicted octanol–water partition coefficient (Wildman–Crippen LogP) is 6.80. The van der Waals surface area contributed by atoms with Crippen molar-refractivity contribution in [1.29, 1.82) is 0 Å². The lowest BCUT2D eigenvalue weighted by molar-refractivity contribution is 0.100. The first-order valence-corrected chi connectivity index (χ1v) is 13.4. The quantitative estimate of drug-likeness (QED) is 0.200. The maximum absolute atomic E-state index is 13.9. The molecule has 7 aromatic rings. The number of nitrogen functional groups attached to an aromatic ring is 1. The summed E-state index contributed by atoms with van der Waals surface area (Å²) in [6, 6.07) is 26.4. The number of thioether (sulfide) groups is 1. The van der Waals surface area contributed by atoms with Crippen LogP contribution >= 0.6 is 11.8 Å². The molecule has 3 aromatic heterocycles. The molecule has 0 aliphatic heterocycles. The molecule has 8 heteroatoms. The lowest BCUT2D eigenvalue weighted by atomic mass is 9.88. The van der Waals surface area contributed by atoms with Crippen molar-refractivity contribution in [2.45, 2.75) is 10.3 Å². The molecule has 2 N–H and O–H groups in total. The van der Waals surface area contributed by atoms with E-state index in [0.29, 0.717) is 22.3 Å². The summed E-state index contributed by atoms with van der Waals surface area (Å²) in [5.74, 6) is 1.20. The summed E-state index contributed by atoms with van der Waals surface area (Å²) >= 11 is 1.35. The fourth-order valence-electron chi connectivity index (χ4n) is 5.44. The molecular weight excluding hydrogens is 506 g/mol. The van der Waals surface area contributed by atoms with Crippen LogP contribution in [0.1, 0.15) is 15.9 Å². The molecule has 0 amide bonds. The molecule has 8 rings (SSSR count). The molecule has 0 fully saturated rings. The van der Waals surface area contributed by atoms with Gasteiger partial charge in [-0.15, -0.1) is 5.10 Å². The van der Waals surface area contributed by atoms with E-state index in [1.165, 1.54) is 32.4 Å². The molecule has 7 nitrogen and oxygen atoms in total. The fraction of sp³-hybridized carbons (Fsp3) is 0.0323. The van der Waals surface area contributed by atoms with Gasteiger partial charge in [0, 0.05) is 11.6 Å². The Balaban J connectivity index is 1.19. The lowest BCUT2D eigenvalue weighted by Crippen LogP contribution is -2.20. The van der Waals surface area contributed by atoms with Crippen molar-refractivity contribution >= 4 is 67.5 Å². The zero-order valence-electron chi connectivity index (χ0n) is 20.4. The number of hydrogen-bond donors (Lipinski definition) is 1. The second-order valence-electron chi connectivity index (χ2n) is 9.47. The minimum Gasteiger partial charge on any atom is -0.461 e. The summed E-state index contributed by atoms with van der Waals surface area (Å²) < 4.78 is 6.88. The highest BCUT2D eigenvalue weighted by atomic mass is 32.2. The third kappa shape index (κ3) is 3.38. The van der Waals surface area contributed by atoms with E-state index in [1.54, 1.807) is 24.5 Å². The molecule has 1 unspecified atom stereocenters. The first kappa shape index (κ1) is 22.1. The number of anilines is 1. The lowest BCUT2D eigenvalue weighted by Gasteiger charge is -2.20. The van der Waals surface area contributed by atoms with Crippen molar-refractivity contribution < 1.29 is 9.21 Å². The Kier molecular flexibility index (Phi) is 4.68. The van der Waals surface area contributed by atoms with E-state index in [-0.39, 0.29) is 11.7 Å². The minimum atomic E-state index is -0.447. The third-order valence-electron chi connectivity index (χ3n) is 7.23. The Morgan fingerprint density at radius 3 is 2.54 bits per heavy atom. The molecule has 0 saturated carbocycles. The number of carbonyl (C=O) groups excluding carboxylic acids is 1. The van der Waals surface area contributed by atoms with Crippen molar-refractivity contribution in [3.63, 3.8) is 0 Å². The van der Waals surface area contributed by atoms with Gasteiger partial charge in [-0.05, 0) is 50.0 Å². The number of hydrogen-bond acceptors (Lipinski definition) is 7. The van der Waals surface area contributed by atoms with Gasteiger partial charge in [0.1, 0.15) is 5.03 Å². The molecule has 39 heavy (non-hydrogen) atoms. The number of furan rings is 1. The topological polar surface area (TPSA) is 99.3 Å². The van der Waals surface area contributed by atoms with Gasteiger partial charge in [-0.1, -0.05) is 84.6 Å². The van der Waals surface area contributed by atoms with Gasteiger partial charge in [0.05, 0.1) is 11.5 Å². The molecule has 4 aromatic carbocycles. The number of carbonyl (C=O) groups is 1. The number of fused-ring (bicyclic) bond motifs is 8. The maximum Gasteiger partial charge on any atom is 0.224 e. The monoisotopic (exact) mass is 525 g/mol. The molecule has 0 saturated heterocycles. The Morgan fingerprint density at radius 2 is 1.64 bits per heavy atom. The molecule has 186 valence electrons. The average molecular weight is 526 g/mol. The SMILES string of the molecule is Nc1nc(SC2C=Cc3ccc4c(ccc5c6ccccc6ccc45)c3C2=O)cc2nc(-c3ccco3)nn12. The van der Waals surface area contributed by atoms with Gasteiger partial charge >= 0.3 is 0 Å². The zero-order valence-corrected chi connectivity index (χ0v) is 21.2. The van der Waals surface area contributed by atoms with Crippen LogP contribution < -0.4 is 5.73 Å². The first-order valence-electron chi connectivity index (χ1n) is 12.5. The Labute approximate surface area is 226 Å². The van der Waals surface area contributed by atoms with E-state index in [4.69, 9.17) is 10.2 Å². The van der Waals surface area contributed by atoms with Gasteiger partial charge in [-0.3, -0.25) is 4.79 Å². The van der Waals surface area contributed by atoms with Gasteiger partial charge < -0.3 is 10.2 Å². The van der Waals surface area contributed by atoms with Gasteiger partial charge in [0.25, 0.3) is 0 Å².